The third-order valence-electron chi connectivity index (χ3n) is 3.65. The molecule has 0 radical (unpaired) electrons. The number of ether oxygens (including phenoxy) is 3. The average Bonchev–Trinajstić information content (AvgIpc) is 3.08. The molecule has 0 aliphatic rings. The van der Waals surface area contributed by atoms with Crippen LogP contribution in [0.25, 0.3) is 11.0 Å². The lowest BCUT2D eigenvalue weighted by atomic mass is 10.2. The van der Waals surface area contributed by atoms with Crippen molar-refractivity contribution in [3.63, 3.8) is 0 Å². The van der Waals surface area contributed by atoms with Gasteiger partial charge in [0.25, 0.3) is 5.56 Å². The number of esters is 1. The summed E-state index contributed by atoms with van der Waals surface area (Å²) in [6.07, 6.45) is 2.94. The highest BCUT2D eigenvalue weighted by Gasteiger charge is 2.09. The second-order valence-electron chi connectivity index (χ2n) is 5.71. The molecular formula is C19H19N3O5S. The van der Waals surface area contributed by atoms with Crippen LogP contribution in [0.15, 0.2) is 35.1 Å². The number of carbonyl (C=O) groups excluding carboxylic acids is 1. The zero-order valence-electron chi connectivity index (χ0n) is 15.7. The fourth-order valence-electron chi connectivity index (χ4n) is 2.43. The second kappa shape index (κ2) is 8.66. The van der Waals surface area contributed by atoms with Crippen molar-refractivity contribution in [2.24, 2.45) is 0 Å². The highest BCUT2D eigenvalue weighted by Crippen LogP contribution is 2.28. The van der Waals surface area contributed by atoms with E-state index < -0.39 is 5.97 Å². The molecular weight excluding hydrogens is 382 g/mol. The third kappa shape index (κ3) is 4.55. The van der Waals surface area contributed by atoms with E-state index in [0.29, 0.717) is 33.8 Å². The van der Waals surface area contributed by atoms with Crippen LogP contribution in [0.3, 0.4) is 0 Å². The number of hydrogen-bond acceptors (Lipinski definition) is 8. The summed E-state index contributed by atoms with van der Waals surface area (Å²) in [5.41, 5.74) is 1.12. The molecule has 0 saturated carbocycles. The van der Waals surface area contributed by atoms with Crippen LogP contribution in [0.5, 0.6) is 11.5 Å². The molecule has 8 nitrogen and oxygen atoms in total. The van der Waals surface area contributed by atoms with Crippen LogP contribution in [0.1, 0.15) is 23.2 Å². The van der Waals surface area contributed by atoms with Gasteiger partial charge in [-0.2, -0.15) is 9.61 Å². The van der Waals surface area contributed by atoms with E-state index in [0.717, 1.165) is 5.56 Å². The highest BCUT2D eigenvalue weighted by atomic mass is 32.1. The van der Waals surface area contributed by atoms with E-state index in [1.54, 1.807) is 38.3 Å². The Morgan fingerprint density at radius 2 is 2.11 bits per heavy atom. The molecule has 0 aliphatic carbocycles. The molecule has 0 fully saturated rings. The monoisotopic (exact) mass is 401 g/mol. The van der Waals surface area contributed by atoms with Gasteiger partial charge in [-0.1, -0.05) is 17.4 Å². The molecule has 0 spiro atoms. The van der Waals surface area contributed by atoms with E-state index >= 15 is 0 Å². The molecule has 9 heteroatoms. The van der Waals surface area contributed by atoms with Gasteiger partial charge in [0.15, 0.2) is 16.5 Å². The second-order valence-corrected chi connectivity index (χ2v) is 6.75. The van der Waals surface area contributed by atoms with Gasteiger partial charge in [-0.15, -0.1) is 0 Å². The fraction of sp³-hybridized carbons (Fsp3) is 0.263. The van der Waals surface area contributed by atoms with E-state index in [-0.39, 0.29) is 12.2 Å². The summed E-state index contributed by atoms with van der Waals surface area (Å²) in [6, 6.07) is 6.75. The van der Waals surface area contributed by atoms with E-state index in [1.165, 1.54) is 28.0 Å². The van der Waals surface area contributed by atoms with Crippen LogP contribution >= 0.6 is 11.3 Å². The lowest BCUT2D eigenvalue weighted by Gasteiger charge is -2.09. The largest absolute Gasteiger partial charge is 0.493 e. The number of rotatable bonds is 7. The fourth-order valence-corrected chi connectivity index (χ4v) is 3.29. The van der Waals surface area contributed by atoms with Crippen molar-refractivity contribution in [3.05, 3.63) is 57.0 Å². The van der Waals surface area contributed by atoms with Gasteiger partial charge in [0, 0.05) is 17.8 Å². The molecule has 2 heterocycles. The molecule has 0 amide bonds. The number of aromatic nitrogens is 3. The zero-order valence-corrected chi connectivity index (χ0v) is 16.5. The maximum atomic E-state index is 12.0. The number of benzene rings is 1. The van der Waals surface area contributed by atoms with Gasteiger partial charge in [-0.05, 0) is 37.6 Å². The van der Waals surface area contributed by atoms with E-state index in [1.807, 2.05) is 6.92 Å². The predicted molar refractivity (Wildman–Crippen MR) is 105 cm³/mol. The van der Waals surface area contributed by atoms with Crippen molar-refractivity contribution in [1.82, 2.24) is 14.6 Å². The Labute approximate surface area is 165 Å². The molecule has 0 unspecified atom stereocenters. The summed E-state index contributed by atoms with van der Waals surface area (Å²) in [7, 11) is 1.57. The summed E-state index contributed by atoms with van der Waals surface area (Å²) >= 11 is 1.20. The van der Waals surface area contributed by atoms with Gasteiger partial charge >= 0.3 is 5.97 Å². The molecule has 0 atom stereocenters. The van der Waals surface area contributed by atoms with Crippen molar-refractivity contribution >= 4 is 28.3 Å². The summed E-state index contributed by atoms with van der Waals surface area (Å²) in [6.45, 7) is 4.09. The minimum Gasteiger partial charge on any atom is -0.493 e. The molecule has 146 valence electrons. The quantitative estimate of drug-likeness (QED) is 0.444. The van der Waals surface area contributed by atoms with Crippen LogP contribution in [0.4, 0.5) is 0 Å². The van der Waals surface area contributed by atoms with Crippen molar-refractivity contribution in [1.29, 1.82) is 0 Å². The molecule has 2 aromatic heterocycles. The number of nitrogens with zero attached hydrogens (tertiary/aromatic N) is 3. The first kappa shape index (κ1) is 19.6. The smallest absolute Gasteiger partial charge is 0.331 e. The molecule has 3 aromatic rings. The number of carbonyl (C=O) groups is 1. The molecule has 0 N–H and O–H groups in total. The van der Waals surface area contributed by atoms with E-state index in [2.05, 4.69) is 10.1 Å². The van der Waals surface area contributed by atoms with E-state index in [4.69, 9.17) is 14.2 Å². The molecule has 28 heavy (non-hydrogen) atoms. The summed E-state index contributed by atoms with van der Waals surface area (Å²) < 4.78 is 17.1. The average molecular weight is 401 g/mol. The van der Waals surface area contributed by atoms with Crippen molar-refractivity contribution in [2.45, 2.75) is 20.5 Å². The molecule has 0 aliphatic heterocycles. The third-order valence-corrected chi connectivity index (χ3v) is 4.53. The van der Waals surface area contributed by atoms with Crippen LogP contribution in [0, 0.1) is 6.92 Å². The minimum atomic E-state index is -0.524. The molecule has 0 bridgehead atoms. The first-order chi connectivity index (χ1) is 13.5. The normalized spacial score (nSPS) is 11.1. The van der Waals surface area contributed by atoms with Crippen molar-refractivity contribution < 1.29 is 19.0 Å². The van der Waals surface area contributed by atoms with Crippen molar-refractivity contribution in [3.8, 4) is 11.5 Å². The first-order valence-corrected chi connectivity index (χ1v) is 9.34. The summed E-state index contributed by atoms with van der Waals surface area (Å²) in [5.74, 6) is 0.698. The maximum Gasteiger partial charge on any atom is 0.331 e. The Hall–Kier alpha value is -3.20. The lowest BCUT2D eigenvalue weighted by molar-refractivity contribution is -0.138. The topological polar surface area (TPSA) is 92.0 Å². The van der Waals surface area contributed by atoms with Gasteiger partial charge in [-0.25, -0.2) is 9.78 Å². The SMILES string of the molecule is CCOc1cc(/C=C/C(=O)OCc2nn3c(=O)cc(C)nc3s2)ccc1OC. The summed E-state index contributed by atoms with van der Waals surface area (Å²) in [4.78, 5) is 28.6. The van der Waals surface area contributed by atoms with Crippen LogP contribution in [0.2, 0.25) is 0 Å². The van der Waals surface area contributed by atoms with Gasteiger partial charge < -0.3 is 14.2 Å². The standard InChI is InChI=1S/C19H19N3O5S/c1-4-26-15-10-13(5-7-14(15)25-3)6-8-18(24)27-11-16-21-22-17(23)9-12(2)20-19(22)28-16/h5-10H,4,11H2,1-3H3/b8-6+. The molecule has 1 aromatic carbocycles. The maximum absolute atomic E-state index is 12.0. The Morgan fingerprint density at radius 1 is 1.29 bits per heavy atom. The number of aryl methyl sites for hydroxylation is 1. The van der Waals surface area contributed by atoms with Gasteiger partial charge in [0.1, 0.15) is 6.61 Å². The number of fused-ring (bicyclic) bond motifs is 1. The van der Waals surface area contributed by atoms with E-state index in [9.17, 15) is 9.59 Å². The van der Waals surface area contributed by atoms with Crippen LogP contribution in [-0.4, -0.2) is 34.3 Å². The zero-order chi connectivity index (χ0) is 20.1. The number of hydrogen-bond donors (Lipinski definition) is 0. The van der Waals surface area contributed by atoms with Gasteiger partial charge in [0.05, 0.1) is 13.7 Å². The highest BCUT2D eigenvalue weighted by molar-refractivity contribution is 7.16. The Bertz CT molecular complexity index is 1090. The van der Waals surface area contributed by atoms with Gasteiger partial charge in [0.2, 0.25) is 4.96 Å². The van der Waals surface area contributed by atoms with Crippen molar-refractivity contribution in [2.75, 3.05) is 13.7 Å². The first-order valence-electron chi connectivity index (χ1n) is 8.52. The van der Waals surface area contributed by atoms with Crippen LogP contribution in [-0.2, 0) is 16.1 Å². The predicted octanol–water partition coefficient (Wildman–Crippen LogP) is 2.62. The Balaban J connectivity index is 1.65. The molecule has 0 saturated heterocycles. The Kier molecular flexibility index (Phi) is 6.05. The minimum absolute atomic E-state index is 0.0392. The Morgan fingerprint density at radius 3 is 2.86 bits per heavy atom. The van der Waals surface area contributed by atoms with Crippen LogP contribution < -0.4 is 15.0 Å². The summed E-state index contributed by atoms with van der Waals surface area (Å²) in [5, 5.41) is 4.61. The lowest BCUT2D eigenvalue weighted by Crippen LogP contribution is -2.14. The number of methoxy groups -OCH3 is 1. The molecule has 3 rings (SSSR count). The van der Waals surface area contributed by atoms with Gasteiger partial charge in [-0.3, -0.25) is 4.79 Å².